The first kappa shape index (κ1) is 18.4. The van der Waals surface area contributed by atoms with E-state index in [-0.39, 0.29) is 11.1 Å². The van der Waals surface area contributed by atoms with Crippen LogP contribution in [0.15, 0.2) is 54.1 Å². The molecule has 0 radical (unpaired) electrons. The van der Waals surface area contributed by atoms with Gasteiger partial charge < -0.3 is 0 Å². The van der Waals surface area contributed by atoms with Gasteiger partial charge in [0.25, 0.3) is 11.8 Å². The van der Waals surface area contributed by atoms with E-state index in [2.05, 4.69) is 5.32 Å². The molecular weight excluding hydrogens is 361 g/mol. The van der Waals surface area contributed by atoms with Crippen LogP contribution in [0.25, 0.3) is 6.08 Å². The highest BCUT2D eigenvalue weighted by Gasteiger charge is 2.37. The lowest BCUT2D eigenvalue weighted by molar-refractivity contribution is -0.137. The molecule has 1 N–H and O–H groups in total. The molecule has 5 nitrogen and oxygen atoms in total. The minimum absolute atomic E-state index is 0.223. The predicted molar refractivity (Wildman–Crippen MR) is 91.6 cm³/mol. The highest BCUT2D eigenvalue weighted by atomic mass is 19.4. The fourth-order valence-electron chi connectivity index (χ4n) is 2.63. The molecule has 4 amide bonds. The molecule has 1 aliphatic heterocycles. The summed E-state index contributed by atoms with van der Waals surface area (Å²) in [6, 6.07) is 9.72. The van der Waals surface area contributed by atoms with Crippen molar-refractivity contribution < 1.29 is 27.6 Å². The Morgan fingerprint density at radius 1 is 0.963 bits per heavy atom. The summed E-state index contributed by atoms with van der Waals surface area (Å²) in [5.74, 6) is -1.76. The smallest absolute Gasteiger partial charge is 0.273 e. The molecule has 1 aliphatic rings. The summed E-state index contributed by atoms with van der Waals surface area (Å²) in [4.78, 5) is 37.8. The fraction of sp³-hybridized carbons (Fsp3) is 0.105. The number of hydrogen-bond acceptors (Lipinski definition) is 3. The molecule has 2 aromatic rings. The number of carbonyl (C=O) groups is 3. The number of hydrogen-bond donors (Lipinski definition) is 1. The summed E-state index contributed by atoms with van der Waals surface area (Å²) < 4.78 is 37.9. The monoisotopic (exact) mass is 374 g/mol. The number of nitrogens with one attached hydrogen (secondary N) is 1. The molecule has 0 atom stereocenters. The molecule has 1 saturated heterocycles. The maximum absolute atomic E-state index is 12.7. The highest BCUT2D eigenvalue weighted by Crippen LogP contribution is 2.30. The molecular formula is C19H13F3N2O3. The Morgan fingerprint density at radius 2 is 1.59 bits per heavy atom. The van der Waals surface area contributed by atoms with Crippen LogP contribution in [0.3, 0.4) is 0 Å². The Hall–Kier alpha value is -3.42. The summed E-state index contributed by atoms with van der Waals surface area (Å²) in [5.41, 5.74) is -0.0194. The third-order valence-electron chi connectivity index (χ3n) is 4.01. The largest absolute Gasteiger partial charge is 0.416 e. The number of nitrogens with zero attached hydrogens (tertiary/aromatic N) is 1. The lowest BCUT2D eigenvalue weighted by Gasteiger charge is -2.27. The highest BCUT2D eigenvalue weighted by molar-refractivity contribution is 6.39. The average molecular weight is 374 g/mol. The number of halogens is 3. The number of carbonyl (C=O) groups excluding carboxylic acids is 3. The first-order valence-electron chi connectivity index (χ1n) is 7.83. The Kier molecular flexibility index (Phi) is 4.57. The van der Waals surface area contributed by atoms with E-state index in [4.69, 9.17) is 0 Å². The van der Waals surface area contributed by atoms with E-state index >= 15 is 0 Å². The molecule has 0 spiro atoms. The maximum atomic E-state index is 12.7. The van der Waals surface area contributed by atoms with Crippen LogP contribution in [0.4, 0.5) is 23.7 Å². The second-order valence-electron chi connectivity index (χ2n) is 5.86. The lowest BCUT2D eigenvalue weighted by atomic mass is 10.0. The lowest BCUT2D eigenvalue weighted by Crippen LogP contribution is -2.54. The van der Waals surface area contributed by atoms with E-state index in [9.17, 15) is 27.6 Å². The molecule has 0 bridgehead atoms. The van der Waals surface area contributed by atoms with E-state index in [1.807, 2.05) is 0 Å². The van der Waals surface area contributed by atoms with Gasteiger partial charge in [0.05, 0.1) is 11.3 Å². The summed E-state index contributed by atoms with van der Waals surface area (Å²) in [6.45, 7) is 1.70. The van der Waals surface area contributed by atoms with Crippen LogP contribution < -0.4 is 10.2 Å². The Labute approximate surface area is 152 Å². The SMILES string of the molecule is Cc1ccccc1N1C(=O)NC(=O)/C(=C\c2ccc(C(F)(F)F)cc2)C1=O. The van der Waals surface area contributed by atoms with Crippen LogP contribution in [0.5, 0.6) is 0 Å². The number of anilines is 1. The summed E-state index contributed by atoms with van der Waals surface area (Å²) in [6.07, 6.45) is -3.34. The van der Waals surface area contributed by atoms with Gasteiger partial charge in [0.1, 0.15) is 5.57 Å². The van der Waals surface area contributed by atoms with Crippen LogP contribution in [0, 0.1) is 6.92 Å². The second-order valence-corrected chi connectivity index (χ2v) is 5.86. The first-order valence-corrected chi connectivity index (χ1v) is 7.83. The zero-order valence-electron chi connectivity index (χ0n) is 14.0. The number of barbiturate groups is 1. The van der Waals surface area contributed by atoms with Gasteiger partial charge >= 0.3 is 12.2 Å². The van der Waals surface area contributed by atoms with E-state index in [1.54, 1.807) is 31.2 Å². The minimum Gasteiger partial charge on any atom is -0.273 e. The molecule has 1 fully saturated rings. The zero-order chi connectivity index (χ0) is 19.8. The third kappa shape index (κ3) is 3.59. The molecule has 138 valence electrons. The van der Waals surface area contributed by atoms with Gasteiger partial charge in [0.15, 0.2) is 0 Å². The fourth-order valence-corrected chi connectivity index (χ4v) is 2.63. The van der Waals surface area contributed by atoms with Crippen molar-refractivity contribution in [2.75, 3.05) is 4.90 Å². The summed E-state index contributed by atoms with van der Waals surface area (Å²) in [7, 11) is 0. The van der Waals surface area contributed by atoms with Crippen molar-refractivity contribution in [3.8, 4) is 0 Å². The average Bonchev–Trinajstić information content (AvgIpc) is 2.60. The van der Waals surface area contributed by atoms with E-state index in [0.29, 0.717) is 11.3 Å². The van der Waals surface area contributed by atoms with E-state index in [0.717, 1.165) is 35.2 Å². The van der Waals surface area contributed by atoms with Crippen LogP contribution in [-0.2, 0) is 15.8 Å². The number of alkyl halides is 3. The van der Waals surface area contributed by atoms with Gasteiger partial charge in [-0.1, -0.05) is 30.3 Å². The predicted octanol–water partition coefficient (Wildman–Crippen LogP) is 3.68. The zero-order valence-corrected chi connectivity index (χ0v) is 14.0. The maximum Gasteiger partial charge on any atom is 0.416 e. The van der Waals surface area contributed by atoms with Crippen LogP contribution in [-0.4, -0.2) is 17.8 Å². The van der Waals surface area contributed by atoms with Gasteiger partial charge in [0, 0.05) is 0 Å². The van der Waals surface area contributed by atoms with E-state index < -0.39 is 29.6 Å². The van der Waals surface area contributed by atoms with Gasteiger partial charge in [-0.2, -0.15) is 13.2 Å². The molecule has 0 saturated carbocycles. The van der Waals surface area contributed by atoms with Crippen molar-refractivity contribution in [2.24, 2.45) is 0 Å². The number of benzene rings is 2. The molecule has 0 aliphatic carbocycles. The molecule has 1 heterocycles. The number of amides is 4. The molecule has 8 heteroatoms. The number of aryl methyl sites for hydroxylation is 1. The van der Waals surface area contributed by atoms with Crippen molar-refractivity contribution in [3.63, 3.8) is 0 Å². The van der Waals surface area contributed by atoms with Gasteiger partial charge in [-0.3, -0.25) is 14.9 Å². The van der Waals surface area contributed by atoms with Crippen molar-refractivity contribution in [1.82, 2.24) is 5.32 Å². The quantitative estimate of drug-likeness (QED) is 0.644. The van der Waals surface area contributed by atoms with Gasteiger partial charge in [-0.05, 0) is 42.3 Å². The second kappa shape index (κ2) is 6.71. The third-order valence-corrected chi connectivity index (χ3v) is 4.01. The summed E-state index contributed by atoms with van der Waals surface area (Å²) >= 11 is 0. The first-order chi connectivity index (χ1) is 12.7. The number of rotatable bonds is 2. The number of para-hydroxylation sites is 1. The molecule has 3 rings (SSSR count). The Bertz CT molecular complexity index is 963. The van der Waals surface area contributed by atoms with Crippen LogP contribution in [0.2, 0.25) is 0 Å². The van der Waals surface area contributed by atoms with Crippen LogP contribution in [0.1, 0.15) is 16.7 Å². The van der Waals surface area contributed by atoms with E-state index in [1.165, 1.54) is 0 Å². The van der Waals surface area contributed by atoms with Crippen molar-refractivity contribution in [3.05, 3.63) is 70.8 Å². The standard InChI is InChI=1S/C19H13F3N2O3/c1-11-4-2-3-5-15(11)24-17(26)14(16(25)23-18(24)27)10-12-6-8-13(9-7-12)19(20,21)22/h2-10H,1H3,(H,23,25,27)/b14-10+. The molecule has 2 aromatic carbocycles. The van der Waals surface area contributed by atoms with Gasteiger partial charge in [0.2, 0.25) is 0 Å². The normalized spacial score (nSPS) is 16.7. The van der Waals surface area contributed by atoms with Gasteiger partial charge in [-0.25, -0.2) is 9.69 Å². The number of urea groups is 1. The Balaban J connectivity index is 1.98. The van der Waals surface area contributed by atoms with Crippen molar-refractivity contribution >= 4 is 29.6 Å². The van der Waals surface area contributed by atoms with Gasteiger partial charge in [-0.15, -0.1) is 0 Å². The minimum atomic E-state index is -4.49. The molecule has 27 heavy (non-hydrogen) atoms. The molecule has 0 aromatic heterocycles. The van der Waals surface area contributed by atoms with Crippen molar-refractivity contribution in [2.45, 2.75) is 13.1 Å². The number of imide groups is 2. The molecule has 0 unspecified atom stereocenters. The Morgan fingerprint density at radius 3 is 2.19 bits per heavy atom. The van der Waals surface area contributed by atoms with Crippen LogP contribution >= 0.6 is 0 Å². The topological polar surface area (TPSA) is 66.5 Å². The summed E-state index contributed by atoms with van der Waals surface area (Å²) in [5, 5.41) is 2.07. The van der Waals surface area contributed by atoms with Crippen molar-refractivity contribution in [1.29, 1.82) is 0 Å².